The molecule has 2 aromatic carbocycles. The number of methoxy groups -OCH3 is 1. The van der Waals surface area contributed by atoms with Gasteiger partial charge >= 0.3 is 0 Å². The minimum Gasteiger partial charge on any atom is -0.497 e. The van der Waals surface area contributed by atoms with Gasteiger partial charge in [-0.2, -0.15) is 0 Å². The summed E-state index contributed by atoms with van der Waals surface area (Å²) in [5.74, 6) is 0.879. The minimum absolute atomic E-state index is 0.380. The zero-order chi connectivity index (χ0) is 13.5. The van der Waals surface area contributed by atoms with E-state index in [0.717, 1.165) is 18.6 Å². The van der Waals surface area contributed by atoms with E-state index in [2.05, 4.69) is 43.3 Å². The van der Waals surface area contributed by atoms with Crippen LogP contribution in [0.3, 0.4) is 0 Å². The molecule has 0 saturated carbocycles. The number of benzene rings is 2. The molecule has 98 valence electrons. The molecular weight excluding hydrogens is 234 g/mol. The van der Waals surface area contributed by atoms with Gasteiger partial charge in [0, 0.05) is 0 Å². The maximum absolute atomic E-state index is 6.76. The second kappa shape index (κ2) is 4.39. The summed E-state index contributed by atoms with van der Waals surface area (Å²) in [6, 6.07) is 14.6. The Bertz CT molecular complexity index is 620. The van der Waals surface area contributed by atoms with Gasteiger partial charge in [-0.05, 0) is 54.2 Å². The van der Waals surface area contributed by atoms with Gasteiger partial charge < -0.3 is 10.5 Å². The summed E-state index contributed by atoms with van der Waals surface area (Å²) in [6.07, 6.45) is 1.99. The summed E-state index contributed by atoms with van der Waals surface area (Å²) in [5, 5.41) is 0. The lowest BCUT2D eigenvalue weighted by Gasteiger charge is -2.28. The van der Waals surface area contributed by atoms with Gasteiger partial charge in [0.05, 0.1) is 12.6 Å². The Morgan fingerprint density at radius 1 is 1.11 bits per heavy atom. The summed E-state index contributed by atoms with van der Waals surface area (Å²) in [6.45, 7) is 2.13. The predicted octanol–water partition coefficient (Wildman–Crippen LogP) is 3.15. The van der Waals surface area contributed by atoms with Crippen LogP contribution in [0.15, 0.2) is 42.5 Å². The average Bonchev–Trinajstić information content (AvgIpc) is 2.77. The first-order valence-corrected chi connectivity index (χ1v) is 6.67. The number of hydrogen-bond acceptors (Lipinski definition) is 2. The van der Waals surface area contributed by atoms with Crippen molar-refractivity contribution in [3.63, 3.8) is 0 Å². The number of nitrogens with two attached hydrogens (primary N) is 1. The van der Waals surface area contributed by atoms with Crippen LogP contribution in [0.25, 0.3) is 0 Å². The van der Waals surface area contributed by atoms with E-state index < -0.39 is 0 Å². The summed E-state index contributed by atoms with van der Waals surface area (Å²) < 4.78 is 5.34. The highest BCUT2D eigenvalue weighted by atomic mass is 16.5. The minimum atomic E-state index is -0.380. The zero-order valence-electron chi connectivity index (χ0n) is 11.4. The van der Waals surface area contributed by atoms with E-state index in [-0.39, 0.29) is 5.54 Å². The number of rotatable bonds is 2. The number of aryl methyl sites for hydroxylation is 2. The van der Waals surface area contributed by atoms with Crippen LogP contribution >= 0.6 is 0 Å². The molecule has 0 heterocycles. The third-order valence-corrected chi connectivity index (χ3v) is 4.21. The van der Waals surface area contributed by atoms with Crippen molar-refractivity contribution in [1.29, 1.82) is 0 Å². The summed E-state index contributed by atoms with van der Waals surface area (Å²) in [5.41, 5.74) is 11.4. The summed E-state index contributed by atoms with van der Waals surface area (Å²) in [7, 11) is 1.70. The zero-order valence-corrected chi connectivity index (χ0v) is 11.4. The smallest absolute Gasteiger partial charge is 0.119 e. The number of ether oxygens (including phenoxy) is 1. The largest absolute Gasteiger partial charge is 0.497 e. The molecule has 1 unspecified atom stereocenters. The van der Waals surface area contributed by atoms with Crippen molar-refractivity contribution < 1.29 is 4.74 Å². The molecule has 3 rings (SSSR count). The van der Waals surface area contributed by atoms with E-state index in [1.54, 1.807) is 7.11 Å². The Morgan fingerprint density at radius 2 is 1.89 bits per heavy atom. The maximum atomic E-state index is 6.76. The first-order valence-electron chi connectivity index (χ1n) is 6.67. The topological polar surface area (TPSA) is 35.2 Å². The van der Waals surface area contributed by atoms with Crippen LogP contribution in [0, 0.1) is 6.92 Å². The van der Waals surface area contributed by atoms with E-state index in [9.17, 15) is 0 Å². The molecule has 1 aliphatic rings. The molecule has 19 heavy (non-hydrogen) atoms. The van der Waals surface area contributed by atoms with E-state index >= 15 is 0 Å². The SMILES string of the molecule is COc1ccc2c(c1)C(N)(c1ccccc1C)CC2. The molecule has 2 N–H and O–H groups in total. The van der Waals surface area contributed by atoms with Crippen LogP contribution in [0.4, 0.5) is 0 Å². The van der Waals surface area contributed by atoms with Gasteiger partial charge in [0.1, 0.15) is 5.75 Å². The fourth-order valence-corrected chi connectivity index (χ4v) is 3.14. The molecule has 0 spiro atoms. The highest BCUT2D eigenvalue weighted by molar-refractivity contribution is 5.51. The van der Waals surface area contributed by atoms with Crippen LogP contribution in [0.2, 0.25) is 0 Å². The van der Waals surface area contributed by atoms with Crippen molar-refractivity contribution in [2.75, 3.05) is 7.11 Å². The highest BCUT2D eigenvalue weighted by Crippen LogP contribution is 2.42. The average molecular weight is 253 g/mol. The summed E-state index contributed by atoms with van der Waals surface area (Å²) >= 11 is 0. The highest BCUT2D eigenvalue weighted by Gasteiger charge is 2.37. The van der Waals surface area contributed by atoms with Gasteiger partial charge in [-0.1, -0.05) is 30.3 Å². The predicted molar refractivity (Wildman–Crippen MR) is 77.5 cm³/mol. The quantitative estimate of drug-likeness (QED) is 0.892. The van der Waals surface area contributed by atoms with E-state index in [1.807, 2.05) is 6.07 Å². The van der Waals surface area contributed by atoms with Gasteiger partial charge in [0.2, 0.25) is 0 Å². The third kappa shape index (κ3) is 1.83. The number of fused-ring (bicyclic) bond motifs is 1. The van der Waals surface area contributed by atoms with Crippen molar-refractivity contribution in [3.8, 4) is 5.75 Å². The normalized spacial score (nSPS) is 21.2. The monoisotopic (exact) mass is 253 g/mol. The standard InChI is InChI=1S/C17H19NO/c1-12-5-3-4-6-15(12)17(18)10-9-13-7-8-14(19-2)11-16(13)17/h3-8,11H,9-10,18H2,1-2H3. The molecule has 2 heteroatoms. The molecule has 0 aliphatic heterocycles. The Morgan fingerprint density at radius 3 is 2.63 bits per heavy atom. The Balaban J connectivity index is 2.17. The molecule has 2 aromatic rings. The molecule has 1 atom stereocenters. The van der Waals surface area contributed by atoms with Crippen molar-refractivity contribution in [3.05, 3.63) is 64.7 Å². The molecule has 0 amide bonds. The van der Waals surface area contributed by atoms with Crippen LogP contribution in [-0.2, 0) is 12.0 Å². The Labute approximate surface area is 114 Å². The van der Waals surface area contributed by atoms with E-state index in [4.69, 9.17) is 10.5 Å². The second-order valence-electron chi connectivity index (χ2n) is 5.31. The van der Waals surface area contributed by atoms with Crippen LogP contribution < -0.4 is 10.5 Å². The lowest BCUT2D eigenvalue weighted by Crippen LogP contribution is -2.36. The van der Waals surface area contributed by atoms with Gasteiger partial charge in [-0.3, -0.25) is 0 Å². The molecule has 2 nitrogen and oxygen atoms in total. The Hall–Kier alpha value is -1.80. The molecular formula is C17H19NO. The molecule has 0 bridgehead atoms. The van der Waals surface area contributed by atoms with Crippen LogP contribution in [0.1, 0.15) is 28.7 Å². The van der Waals surface area contributed by atoms with Crippen molar-refractivity contribution in [2.24, 2.45) is 5.73 Å². The third-order valence-electron chi connectivity index (χ3n) is 4.21. The van der Waals surface area contributed by atoms with Gasteiger partial charge in [0.25, 0.3) is 0 Å². The Kier molecular flexibility index (Phi) is 2.83. The van der Waals surface area contributed by atoms with E-state index in [1.165, 1.54) is 22.3 Å². The van der Waals surface area contributed by atoms with Crippen LogP contribution in [-0.4, -0.2) is 7.11 Å². The number of hydrogen-bond donors (Lipinski definition) is 1. The van der Waals surface area contributed by atoms with E-state index in [0.29, 0.717) is 0 Å². The first kappa shape index (κ1) is 12.2. The van der Waals surface area contributed by atoms with Crippen molar-refractivity contribution >= 4 is 0 Å². The van der Waals surface area contributed by atoms with Crippen molar-refractivity contribution in [2.45, 2.75) is 25.3 Å². The summed E-state index contributed by atoms with van der Waals surface area (Å²) in [4.78, 5) is 0. The maximum Gasteiger partial charge on any atom is 0.119 e. The van der Waals surface area contributed by atoms with Gasteiger partial charge in [0.15, 0.2) is 0 Å². The van der Waals surface area contributed by atoms with Crippen molar-refractivity contribution in [1.82, 2.24) is 0 Å². The van der Waals surface area contributed by atoms with Crippen LogP contribution in [0.5, 0.6) is 5.75 Å². The molecule has 1 aliphatic carbocycles. The fraction of sp³-hybridized carbons (Fsp3) is 0.294. The molecule has 0 fully saturated rings. The molecule has 0 radical (unpaired) electrons. The molecule has 0 saturated heterocycles. The lowest BCUT2D eigenvalue weighted by molar-refractivity contribution is 0.413. The second-order valence-corrected chi connectivity index (χ2v) is 5.31. The van der Waals surface area contributed by atoms with Gasteiger partial charge in [-0.25, -0.2) is 0 Å². The van der Waals surface area contributed by atoms with Gasteiger partial charge in [-0.15, -0.1) is 0 Å². The lowest BCUT2D eigenvalue weighted by atomic mass is 9.83. The molecule has 0 aromatic heterocycles. The fourth-order valence-electron chi connectivity index (χ4n) is 3.14. The first-order chi connectivity index (χ1) is 9.15.